The fourth-order valence-electron chi connectivity index (χ4n) is 3.39. The lowest BCUT2D eigenvalue weighted by atomic mass is 10.2. The fraction of sp³-hybridized carbons (Fsp3) is 0.200. The summed E-state index contributed by atoms with van der Waals surface area (Å²) < 4.78 is 51.3. The van der Waals surface area contributed by atoms with E-state index in [9.17, 15) is 27.7 Å². The molecule has 1 N–H and O–H groups in total. The summed E-state index contributed by atoms with van der Waals surface area (Å²) in [5, 5.41) is 8.29. The summed E-state index contributed by atoms with van der Waals surface area (Å²) in [6.45, 7) is 1.48. The summed E-state index contributed by atoms with van der Waals surface area (Å²) in [4.78, 5) is 25.9. The smallest absolute Gasteiger partial charge is 0.450 e. The lowest BCUT2D eigenvalue weighted by Crippen LogP contribution is -2.48. The SMILES string of the molecule is CCC(C(=O)O)N(CP(=O)(Oc1ccccc1)Oc1ccccc1)C(=O)S(=O)(=O)Cc1ccccc1. The third kappa shape index (κ3) is 7.19. The van der Waals surface area contributed by atoms with Crippen LogP contribution in [0, 0.1) is 0 Å². The second kappa shape index (κ2) is 11.9. The molecule has 3 aromatic carbocycles. The standard InChI is InChI=1S/C25H26NO8PS/c1-2-23(24(27)28)26(25(29)36(31,32)18-20-12-6-3-7-13-20)19-35(30,33-21-14-8-4-9-15-21)34-22-16-10-5-11-17-22/h3-17,23H,2,18-19H2,1H3,(H,27,28). The minimum atomic E-state index is -4.53. The van der Waals surface area contributed by atoms with E-state index in [4.69, 9.17) is 9.05 Å². The number of sulfone groups is 1. The molecule has 0 fully saturated rings. The minimum Gasteiger partial charge on any atom is -0.480 e. The van der Waals surface area contributed by atoms with Gasteiger partial charge in [-0.25, -0.2) is 17.8 Å². The highest BCUT2D eigenvalue weighted by Crippen LogP contribution is 2.49. The number of hydrogen-bond donors (Lipinski definition) is 1. The van der Waals surface area contributed by atoms with E-state index in [1.165, 1.54) is 43.3 Å². The van der Waals surface area contributed by atoms with Crippen LogP contribution >= 0.6 is 7.60 Å². The molecule has 0 radical (unpaired) electrons. The van der Waals surface area contributed by atoms with Crippen LogP contribution in [0.4, 0.5) is 4.79 Å². The average Bonchev–Trinajstić information content (AvgIpc) is 2.84. The van der Waals surface area contributed by atoms with Crippen molar-refractivity contribution in [2.24, 2.45) is 0 Å². The zero-order valence-electron chi connectivity index (χ0n) is 19.5. The number of carboxylic acid groups (broad SMARTS) is 1. The summed E-state index contributed by atoms with van der Waals surface area (Å²) in [5.41, 5.74) is 0.346. The molecule has 0 spiro atoms. The Morgan fingerprint density at radius 1 is 0.861 bits per heavy atom. The Morgan fingerprint density at radius 2 is 1.31 bits per heavy atom. The third-order valence-electron chi connectivity index (χ3n) is 5.05. The number of carbonyl (C=O) groups excluding carboxylic acids is 1. The van der Waals surface area contributed by atoms with E-state index in [0.717, 1.165) is 0 Å². The van der Waals surface area contributed by atoms with Crippen molar-refractivity contribution in [2.45, 2.75) is 25.1 Å². The number of nitrogens with zero attached hydrogens (tertiary/aromatic N) is 1. The van der Waals surface area contributed by atoms with E-state index < -0.39 is 46.7 Å². The van der Waals surface area contributed by atoms with Crippen molar-refractivity contribution in [2.75, 3.05) is 6.29 Å². The predicted octanol–water partition coefficient (Wildman–Crippen LogP) is 5.20. The summed E-state index contributed by atoms with van der Waals surface area (Å²) in [5.74, 6) is -1.83. The number of para-hydroxylation sites is 2. The van der Waals surface area contributed by atoms with Gasteiger partial charge >= 0.3 is 18.8 Å². The molecule has 0 saturated carbocycles. The average molecular weight is 532 g/mol. The van der Waals surface area contributed by atoms with Crippen LogP contribution in [0.5, 0.6) is 11.5 Å². The van der Waals surface area contributed by atoms with Crippen LogP contribution in [0.3, 0.4) is 0 Å². The van der Waals surface area contributed by atoms with Crippen LogP contribution in [0.25, 0.3) is 0 Å². The second-order valence-electron chi connectivity index (χ2n) is 7.80. The normalized spacial score (nSPS) is 12.4. The summed E-state index contributed by atoms with van der Waals surface area (Å²) in [7, 11) is -8.88. The first-order valence-electron chi connectivity index (χ1n) is 11.0. The monoisotopic (exact) mass is 531 g/mol. The zero-order chi connectivity index (χ0) is 26.2. The number of carboxylic acids is 1. The van der Waals surface area contributed by atoms with Crippen molar-refractivity contribution < 1.29 is 36.7 Å². The Kier molecular flexibility index (Phi) is 8.90. The summed E-state index contributed by atoms with van der Waals surface area (Å²) in [6.07, 6.45) is -1.05. The Hall–Kier alpha value is -3.62. The number of hydrogen-bond acceptors (Lipinski definition) is 7. The van der Waals surface area contributed by atoms with E-state index >= 15 is 0 Å². The quantitative estimate of drug-likeness (QED) is 0.335. The van der Waals surface area contributed by atoms with Crippen molar-refractivity contribution in [3.63, 3.8) is 0 Å². The molecule has 0 aliphatic carbocycles. The van der Waals surface area contributed by atoms with Crippen molar-refractivity contribution in [3.05, 3.63) is 96.6 Å². The topological polar surface area (TPSA) is 127 Å². The molecule has 36 heavy (non-hydrogen) atoms. The maximum atomic E-state index is 14.0. The minimum absolute atomic E-state index is 0.139. The Bertz CT molecular complexity index is 1270. The molecule has 0 heterocycles. The van der Waals surface area contributed by atoms with Gasteiger partial charge in [-0.2, -0.15) is 0 Å². The van der Waals surface area contributed by atoms with Gasteiger partial charge in [0, 0.05) is 0 Å². The van der Waals surface area contributed by atoms with Crippen LogP contribution in [0.2, 0.25) is 0 Å². The van der Waals surface area contributed by atoms with Crippen LogP contribution < -0.4 is 9.05 Å². The summed E-state index contributed by atoms with van der Waals surface area (Å²) in [6, 6.07) is 22.4. The molecule has 1 unspecified atom stereocenters. The van der Waals surface area contributed by atoms with E-state index in [-0.39, 0.29) is 17.9 Å². The number of amides is 1. The Balaban J connectivity index is 2.01. The predicted molar refractivity (Wildman–Crippen MR) is 135 cm³/mol. The van der Waals surface area contributed by atoms with Crippen molar-refractivity contribution >= 4 is 28.6 Å². The molecule has 0 aliphatic rings. The molecule has 3 aromatic rings. The number of aliphatic carboxylic acids is 1. The first-order chi connectivity index (χ1) is 17.1. The number of benzene rings is 3. The maximum absolute atomic E-state index is 14.0. The number of rotatable bonds is 11. The lowest BCUT2D eigenvalue weighted by molar-refractivity contribution is -0.141. The first kappa shape index (κ1) is 27.0. The van der Waals surface area contributed by atoms with Crippen LogP contribution in [-0.4, -0.2) is 42.0 Å². The van der Waals surface area contributed by atoms with Crippen molar-refractivity contribution in [1.82, 2.24) is 4.90 Å². The molecule has 9 nitrogen and oxygen atoms in total. The largest absolute Gasteiger partial charge is 0.480 e. The van der Waals surface area contributed by atoms with Crippen LogP contribution in [0.1, 0.15) is 18.9 Å². The molecule has 1 atom stereocenters. The highest BCUT2D eigenvalue weighted by atomic mass is 32.2. The highest BCUT2D eigenvalue weighted by molar-refractivity contribution is 8.05. The van der Waals surface area contributed by atoms with Gasteiger partial charge in [0.2, 0.25) is 9.84 Å². The van der Waals surface area contributed by atoms with E-state index in [2.05, 4.69) is 0 Å². The molecule has 3 rings (SSSR count). The third-order valence-corrected chi connectivity index (χ3v) is 8.16. The van der Waals surface area contributed by atoms with Gasteiger partial charge in [0.05, 0.1) is 5.75 Å². The zero-order valence-corrected chi connectivity index (χ0v) is 21.2. The van der Waals surface area contributed by atoms with Gasteiger partial charge < -0.3 is 19.1 Å². The highest BCUT2D eigenvalue weighted by Gasteiger charge is 2.43. The second-order valence-corrected chi connectivity index (χ2v) is 11.5. The number of carbonyl (C=O) groups is 2. The van der Waals surface area contributed by atoms with Gasteiger partial charge in [0.1, 0.15) is 23.8 Å². The van der Waals surface area contributed by atoms with Gasteiger partial charge in [-0.1, -0.05) is 73.7 Å². The lowest BCUT2D eigenvalue weighted by Gasteiger charge is -2.31. The Labute approximate surface area is 209 Å². The van der Waals surface area contributed by atoms with Gasteiger partial charge in [0.15, 0.2) is 0 Å². The van der Waals surface area contributed by atoms with Crippen LogP contribution in [0.15, 0.2) is 91.0 Å². The molecular formula is C25H26NO8PS. The summed E-state index contributed by atoms with van der Waals surface area (Å²) >= 11 is 0. The van der Waals surface area contributed by atoms with Gasteiger partial charge in [0.25, 0.3) is 0 Å². The molecule has 0 aliphatic heterocycles. The van der Waals surface area contributed by atoms with Gasteiger partial charge in [-0.3, -0.25) is 4.79 Å². The molecular weight excluding hydrogens is 505 g/mol. The Morgan fingerprint density at radius 3 is 1.72 bits per heavy atom. The van der Waals surface area contributed by atoms with Crippen molar-refractivity contribution in [3.8, 4) is 11.5 Å². The molecule has 190 valence electrons. The molecule has 11 heteroatoms. The van der Waals surface area contributed by atoms with E-state index in [0.29, 0.717) is 10.5 Å². The van der Waals surface area contributed by atoms with Crippen LogP contribution in [-0.2, 0) is 24.9 Å². The molecule has 0 aromatic heterocycles. The molecule has 0 bridgehead atoms. The van der Waals surface area contributed by atoms with Gasteiger partial charge in [-0.05, 0) is 36.2 Å². The maximum Gasteiger partial charge on any atom is 0.450 e. The first-order valence-corrected chi connectivity index (χ1v) is 14.4. The van der Waals surface area contributed by atoms with Gasteiger partial charge in [-0.15, -0.1) is 0 Å². The van der Waals surface area contributed by atoms with E-state index in [1.807, 2.05) is 0 Å². The van der Waals surface area contributed by atoms with E-state index in [1.54, 1.807) is 54.6 Å². The fourth-order valence-corrected chi connectivity index (χ4v) is 6.53. The molecule has 1 amide bonds. The van der Waals surface area contributed by atoms with Crippen molar-refractivity contribution in [1.29, 1.82) is 0 Å². The molecule has 0 saturated heterocycles.